The Morgan fingerprint density at radius 1 is 1.25 bits per heavy atom. The number of rotatable bonds is 9. The first kappa shape index (κ1) is 25.8. The van der Waals surface area contributed by atoms with Crippen LogP contribution in [0.4, 0.5) is 8.78 Å². The van der Waals surface area contributed by atoms with Crippen LogP contribution in [0.5, 0.6) is 11.5 Å². The van der Waals surface area contributed by atoms with Gasteiger partial charge in [-0.15, -0.1) is 5.06 Å². The Morgan fingerprint density at radius 2 is 2.00 bits per heavy atom. The van der Waals surface area contributed by atoms with E-state index in [-0.39, 0.29) is 40.8 Å². The van der Waals surface area contributed by atoms with Crippen molar-refractivity contribution in [2.45, 2.75) is 52.3 Å². The third-order valence-electron chi connectivity index (χ3n) is 5.96. The Bertz CT molecular complexity index is 1100. The Kier molecular flexibility index (Phi) is 7.74. The van der Waals surface area contributed by atoms with E-state index < -0.39 is 18.6 Å². The van der Waals surface area contributed by atoms with Crippen molar-refractivity contribution in [2.24, 2.45) is 11.7 Å². The molecule has 196 valence electrons. The summed E-state index contributed by atoms with van der Waals surface area (Å²) >= 11 is 0. The fourth-order valence-electron chi connectivity index (χ4n) is 3.98. The zero-order valence-electron chi connectivity index (χ0n) is 20.4. The molecule has 2 aromatic rings. The summed E-state index contributed by atoms with van der Waals surface area (Å²) in [6.07, 6.45) is 2.06. The van der Waals surface area contributed by atoms with Gasteiger partial charge in [-0.25, -0.2) is 4.98 Å². The van der Waals surface area contributed by atoms with Gasteiger partial charge in [0.15, 0.2) is 23.0 Å². The van der Waals surface area contributed by atoms with E-state index in [2.05, 4.69) is 9.72 Å². The summed E-state index contributed by atoms with van der Waals surface area (Å²) in [7, 11) is 0. The van der Waals surface area contributed by atoms with E-state index in [0.29, 0.717) is 37.7 Å². The number of amides is 1. The molecule has 0 bridgehead atoms. The Hall–Kier alpha value is -3.25. The number of halogens is 2. The Balaban J connectivity index is 1.59. The van der Waals surface area contributed by atoms with Gasteiger partial charge in [-0.2, -0.15) is 8.78 Å². The molecule has 2 N–H and O–H groups in total. The van der Waals surface area contributed by atoms with Crippen LogP contribution >= 0.6 is 0 Å². The molecule has 10 nitrogen and oxygen atoms in total. The molecule has 1 saturated carbocycles. The van der Waals surface area contributed by atoms with Gasteiger partial charge in [-0.05, 0) is 50.8 Å². The van der Waals surface area contributed by atoms with Crippen molar-refractivity contribution in [1.29, 1.82) is 0 Å². The standard InChI is InChI=1S/C24H30F2N4O6/c1-13-11-29(36-15(3)31)8-9-30(13)23(32)20-21(14(2)27)35-22(28-20)17-6-7-18(34-24(25)26)19(10-17)33-12-16-4-5-16/h6-7,10,13-14,16,24H,4-5,8-9,11-12,27H2,1-3H3/t13?,14-/m0/s1. The fraction of sp³-hybridized carbons (Fsp3) is 0.542. The second kappa shape index (κ2) is 10.8. The highest BCUT2D eigenvalue weighted by Crippen LogP contribution is 2.37. The minimum atomic E-state index is -3.00. The second-order valence-corrected chi connectivity index (χ2v) is 9.13. The number of piperazine rings is 1. The third-order valence-corrected chi connectivity index (χ3v) is 5.96. The van der Waals surface area contributed by atoms with Crippen LogP contribution in [0.15, 0.2) is 22.6 Å². The minimum absolute atomic E-state index is 0.0705. The molecule has 36 heavy (non-hydrogen) atoms. The molecule has 0 radical (unpaired) electrons. The van der Waals surface area contributed by atoms with Crippen LogP contribution in [0, 0.1) is 5.92 Å². The molecule has 1 aromatic carbocycles. The number of benzene rings is 1. The molecule has 1 amide bonds. The smallest absolute Gasteiger partial charge is 0.387 e. The molecular formula is C24H30F2N4O6. The van der Waals surface area contributed by atoms with Crippen LogP contribution in [0.2, 0.25) is 0 Å². The van der Waals surface area contributed by atoms with Gasteiger partial charge in [0.25, 0.3) is 5.91 Å². The monoisotopic (exact) mass is 508 g/mol. The summed E-state index contributed by atoms with van der Waals surface area (Å²) in [6, 6.07) is 3.48. The van der Waals surface area contributed by atoms with Crippen molar-refractivity contribution >= 4 is 11.9 Å². The van der Waals surface area contributed by atoms with Crippen LogP contribution in [0.3, 0.4) is 0 Å². The van der Waals surface area contributed by atoms with E-state index in [1.807, 2.05) is 6.92 Å². The van der Waals surface area contributed by atoms with Crippen molar-refractivity contribution in [1.82, 2.24) is 14.9 Å². The predicted octanol–water partition coefficient (Wildman–Crippen LogP) is 3.38. The van der Waals surface area contributed by atoms with Crippen LogP contribution < -0.4 is 15.2 Å². The lowest BCUT2D eigenvalue weighted by molar-refractivity contribution is -0.197. The number of hydrogen-bond acceptors (Lipinski definition) is 9. The molecule has 1 saturated heterocycles. The number of ether oxygens (including phenoxy) is 2. The molecule has 12 heteroatoms. The van der Waals surface area contributed by atoms with Gasteiger partial charge < -0.3 is 29.4 Å². The normalized spacial score (nSPS) is 19.3. The summed E-state index contributed by atoms with van der Waals surface area (Å²) in [6.45, 7) is 3.23. The number of hydrogen-bond donors (Lipinski definition) is 1. The van der Waals surface area contributed by atoms with Crippen LogP contribution in [0.25, 0.3) is 11.5 Å². The Labute approximate surface area is 207 Å². The summed E-state index contributed by atoms with van der Waals surface area (Å²) in [5.74, 6) is -0.0304. The van der Waals surface area contributed by atoms with Crippen LogP contribution in [0.1, 0.15) is 55.9 Å². The summed E-state index contributed by atoms with van der Waals surface area (Å²) in [5.41, 5.74) is 6.58. The van der Waals surface area contributed by atoms with Crippen molar-refractivity contribution in [2.75, 3.05) is 26.2 Å². The van der Waals surface area contributed by atoms with Crippen LogP contribution in [-0.2, 0) is 9.63 Å². The summed E-state index contributed by atoms with van der Waals surface area (Å²) < 4.78 is 42.0. The average molecular weight is 509 g/mol. The number of nitrogens with two attached hydrogens (primary N) is 1. The summed E-state index contributed by atoms with van der Waals surface area (Å²) in [4.78, 5) is 35.9. The molecule has 1 aliphatic heterocycles. The molecule has 2 fully saturated rings. The number of carbonyl (C=O) groups excluding carboxylic acids is 2. The van der Waals surface area contributed by atoms with Gasteiger partial charge in [0.1, 0.15) is 0 Å². The molecule has 0 spiro atoms. The molecule has 2 atom stereocenters. The lowest BCUT2D eigenvalue weighted by Crippen LogP contribution is -2.54. The number of aromatic nitrogens is 1. The molecule has 1 aliphatic carbocycles. The largest absolute Gasteiger partial charge is 0.489 e. The maximum atomic E-state index is 13.4. The topological polar surface area (TPSA) is 120 Å². The van der Waals surface area contributed by atoms with E-state index in [4.69, 9.17) is 19.7 Å². The van der Waals surface area contributed by atoms with E-state index in [1.54, 1.807) is 11.8 Å². The maximum absolute atomic E-state index is 13.4. The lowest BCUT2D eigenvalue weighted by atomic mass is 10.1. The molecule has 2 heterocycles. The highest BCUT2D eigenvalue weighted by atomic mass is 19.3. The van der Waals surface area contributed by atoms with Crippen LogP contribution in [-0.4, -0.2) is 65.7 Å². The van der Waals surface area contributed by atoms with Crippen molar-refractivity contribution < 1.29 is 37.1 Å². The van der Waals surface area contributed by atoms with Crippen molar-refractivity contribution in [3.63, 3.8) is 0 Å². The first-order valence-electron chi connectivity index (χ1n) is 11.8. The van der Waals surface area contributed by atoms with E-state index in [9.17, 15) is 18.4 Å². The highest BCUT2D eigenvalue weighted by molar-refractivity contribution is 5.94. The number of nitrogens with zero attached hydrogens (tertiary/aromatic N) is 3. The van der Waals surface area contributed by atoms with Gasteiger partial charge in [-0.1, -0.05) is 0 Å². The zero-order chi connectivity index (χ0) is 26.0. The van der Waals surface area contributed by atoms with Gasteiger partial charge in [-0.3, -0.25) is 9.59 Å². The van der Waals surface area contributed by atoms with Crippen molar-refractivity contribution in [3.05, 3.63) is 29.7 Å². The number of hydroxylamine groups is 2. The first-order valence-corrected chi connectivity index (χ1v) is 11.8. The molecule has 2 aliphatic rings. The second-order valence-electron chi connectivity index (χ2n) is 9.13. The molecule has 1 aromatic heterocycles. The van der Waals surface area contributed by atoms with E-state index in [1.165, 1.54) is 30.2 Å². The number of carbonyl (C=O) groups is 2. The highest BCUT2D eigenvalue weighted by Gasteiger charge is 2.34. The fourth-order valence-corrected chi connectivity index (χ4v) is 3.98. The SMILES string of the molecule is CC(=O)ON1CCN(C(=O)c2nc(-c3ccc(OC(F)F)c(OCC4CC4)c3)oc2[C@H](C)N)C(C)C1. The molecule has 4 rings (SSSR count). The Morgan fingerprint density at radius 3 is 2.61 bits per heavy atom. The predicted molar refractivity (Wildman–Crippen MR) is 123 cm³/mol. The zero-order valence-corrected chi connectivity index (χ0v) is 20.4. The number of alkyl halides is 2. The van der Waals surface area contributed by atoms with E-state index >= 15 is 0 Å². The quantitative estimate of drug-likeness (QED) is 0.543. The molecule has 1 unspecified atom stereocenters. The van der Waals surface area contributed by atoms with Gasteiger partial charge in [0, 0.05) is 25.1 Å². The summed E-state index contributed by atoms with van der Waals surface area (Å²) in [5, 5.41) is 1.52. The average Bonchev–Trinajstić information content (AvgIpc) is 3.52. The lowest BCUT2D eigenvalue weighted by Gasteiger charge is -2.38. The minimum Gasteiger partial charge on any atom is -0.489 e. The maximum Gasteiger partial charge on any atom is 0.387 e. The first-order chi connectivity index (χ1) is 17.1. The third kappa shape index (κ3) is 6.11. The van der Waals surface area contributed by atoms with Gasteiger partial charge in [0.05, 0.1) is 25.7 Å². The van der Waals surface area contributed by atoms with Gasteiger partial charge >= 0.3 is 12.6 Å². The number of oxazole rings is 1. The molecular weight excluding hydrogens is 478 g/mol. The van der Waals surface area contributed by atoms with E-state index in [0.717, 1.165) is 12.8 Å². The van der Waals surface area contributed by atoms with Crippen molar-refractivity contribution in [3.8, 4) is 23.0 Å². The van der Waals surface area contributed by atoms with Gasteiger partial charge in [0.2, 0.25) is 5.89 Å².